The van der Waals surface area contributed by atoms with E-state index in [1.807, 2.05) is 0 Å². The van der Waals surface area contributed by atoms with E-state index in [0.717, 1.165) is 18.4 Å². The topological polar surface area (TPSA) is 76.1 Å². The van der Waals surface area contributed by atoms with Crippen molar-refractivity contribution < 1.29 is 24.2 Å². The summed E-state index contributed by atoms with van der Waals surface area (Å²) in [5, 5.41) is 9.16. The zero-order chi connectivity index (χ0) is 18.6. The number of rotatable bonds is 9. The molecule has 0 bridgehead atoms. The Morgan fingerprint density at radius 1 is 1.36 bits per heavy atom. The third-order valence-corrected chi connectivity index (χ3v) is 4.31. The van der Waals surface area contributed by atoms with Crippen molar-refractivity contribution in [3.05, 3.63) is 35.9 Å². The number of methoxy groups -OCH3 is 2. The molecule has 1 fully saturated rings. The molecule has 0 saturated heterocycles. The molecular formula is C19H25NO5. The highest BCUT2D eigenvalue weighted by molar-refractivity contribution is 5.96. The number of carboxylic acids is 1. The van der Waals surface area contributed by atoms with E-state index in [-0.39, 0.29) is 18.5 Å². The van der Waals surface area contributed by atoms with E-state index in [9.17, 15) is 9.59 Å². The number of hydrogen-bond acceptors (Lipinski definition) is 4. The molecule has 0 spiro atoms. The number of allylic oxidation sites excluding steroid dienone is 1. The average molecular weight is 347 g/mol. The number of benzene rings is 1. The molecule has 1 atom stereocenters. The van der Waals surface area contributed by atoms with E-state index in [1.165, 1.54) is 7.11 Å². The normalized spacial score (nSPS) is 14.5. The molecule has 2 rings (SSSR count). The van der Waals surface area contributed by atoms with Crippen LogP contribution in [0.2, 0.25) is 0 Å². The number of carbonyl (C=O) groups excluding carboxylic acids is 1. The van der Waals surface area contributed by atoms with Gasteiger partial charge in [-0.3, -0.25) is 9.59 Å². The van der Waals surface area contributed by atoms with Gasteiger partial charge in [-0.1, -0.05) is 13.0 Å². The molecule has 1 aliphatic rings. The first-order valence-electron chi connectivity index (χ1n) is 8.32. The van der Waals surface area contributed by atoms with Gasteiger partial charge in [-0.15, -0.1) is 6.58 Å². The molecule has 0 radical (unpaired) electrons. The minimum absolute atomic E-state index is 0.116. The van der Waals surface area contributed by atoms with E-state index in [2.05, 4.69) is 6.58 Å². The van der Waals surface area contributed by atoms with E-state index < -0.39 is 11.9 Å². The van der Waals surface area contributed by atoms with Gasteiger partial charge in [-0.25, -0.2) is 0 Å². The summed E-state index contributed by atoms with van der Waals surface area (Å²) in [6.45, 7) is 5.55. The maximum Gasteiger partial charge on any atom is 0.308 e. The first-order valence-corrected chi connectivity index (χ1v) is 8.32. The standard InChI is InChI=1S/C19H25NO5/c1-5-6-13-9-14(10-16(24-3)17(13)25-4)18(21)20(15-7-8-15)11-12(2)19(22)23/h5,9-10,12,15H,1,6-8,11H2,2-4H3,(H,22,23). The van der Waals surface area contributed by atoms with Crippen LogP contribution in [0, 0.1) is 5.92 Å². The van der Waals surface area contributed by atoms with E-state index in [1.54, 1.807) is 37.1 Å². The van der Waals surface area contributed by atoms with Gasteiger partial charge in [-0.2, -0.15) is 0 Å². The third-order valence-electron chi connectivity index (χ3n) is 4.31. The quantitative estimate of drug-likeness (QED) is 0.695. The van der Waals surface area contributed by atoms with Crippen molar-refractivity contribution in [2.75, 3.05) is 20.8 Å². The van der Waals surface area contributed by atoms with Crippen LogP contribution in [0.3, 0.4) is 0 Å². The van der Waals surface area contributed by atoms with Crippen LogP contribution in [0.1, 0.15) is 35.7 Å². The van der Waals surface area contributed by atoms with Crippen LogP contribution in [-0.4, -0.2) is 48.7 Å². The van der Waals surface area contributed by atoms with Crippen molar-refractivity contribution in [2.24, 2.45) is 5.92 Å². The van der Waals surface area contributed by atoms with Crippen LogP contribution in [0.15, 0.2) is 24.8 Å². The monoisotopic (exact) mass is 347 g/mol. The smallest absolute Gasteiger partial charge is 0.308 e. The molecular weight excluding hydrogens is 322 g/mol. The lowest BCUT2D eigenvalue weighted by atomic mass is 10.0. The Bertz CT molecular complexity index is 666. The summed E-state index contributed by atoms with van der Waals surface area (Å²) < 4.78 is 10.8. The molecule has 1 aromatic rings. The Kier molecular flexibility index (Phi) is 6.07. The van der Waals surface area contributed by atoms with Gasteiger partial charge in [0.2, 0.25) is 0 Å². The van der Waals surface area contributed by atoms with Crippen LogP contribution in [0.5, 0.6) is 11.5 Å². The summed E-state index contributed by atoms with van der Waals surface area (Å²) in [6, 6.07) is 3.53. The summed E-state index contributed by atoms with van der Waals surface area (Å²) >= 11 is 0. The van der Waals surface area contributed by atoms with Crippen molar-refractivity contribution in [1.82, 2.24) is 4.90 Å². The molecule has 25 heavy (non-hydrogen) atoms. The Labute approximate surface area is 148 Å². The highest BCUT2D eigenvalue weighted by atomic mass is 16.5. The molecule has 0 aliphatic heterocycles. The Morgan fingerprint density at radius 2 is 2.04 bits per heavy atom. The van der Waals surface area contributed by atoms with Crippen LogP contribution in [0.4, 0.5) is 0 Å². The van der Waals surface area contributed by atoms with Gasteiger partial charge in [0.1, 0.15) is 0 Å². The van der Waals surface area contributed by atoms with Crippen molar-refractivity contribution in [3.63, 3.8) is 0 Å². The van der Waals surface area contributed by atoms with Gasteiger partial charge < -0.3 is 19.5 Å². The summed E-state index contributed by atoms with van der Waals surface area (Å²) in [5.41, 5.74) is 1.28. The number of aliphatic carboxylic acids is 1. The number of carbonyl (C=O) groups is 2. The molecule has 1 N–H and O–H groups in total. The molecule has 0 heterocycles. The predicted molar refractivity (Wildman–Crippen MR) is 94.3 cm³/mol. The van der Waals surface area contributed by atoms with Gasteiger partial charge >= 0.3 is 5.97 Å². The lowest BCUT2D eigenvalue weighted by Gasteiger charge is -2.25. The molecule has 0 aromatic heterocycles. The minimum Gasteiger partial charge on any atom is -0.493 e. The van der Waals surface area contributed by atoms with Gasteiger partial charge in [0.15, 0.2) is 11.5 Å². The van der Waals surface area contributed by atoms with Crippen LogP contribution >= 0.6 is 0 Å². The fourth-order valence-corrected chi connectivity index (χ4v) is 2.80. The number of nitrogens with zero attached hydrogens (tertiary/aromatic N) is 1. The largest absolute Gasteiger partial charge is 0.493 e. The summed E-state index contributed by atoms with van der Waals surface area (Å²) in [6.07, 6.45) is 4.09. The number of amides is 1. The second kappa shape index (κ2) is 8.05. The summed E-state index contributed by atoms with van der Waals surface area (Å²) in [4.78, 5) is 25.9. The van der Waals surface area contributed by atoms with Crippen LogP contribution < -0.4 is 9.47 Å². The number of hydrogen-bond donors (Lipinski definition) is 1. The molecule has 6 heteroatoms. The average Bonchev–Trinajstić information content (AvgIpc) is 3.43. The van der Waals surface area contributed by atoms with Gasteiger partial charge in [0, 0.05) is 23.7 Å². The van der Waals surface area contributed by atoms with E-state index in [4.69, 9.17) is 14.6 Å². The minimum atomic E-state index is -0.905. The molecule has 1 unspecified atom stereocenters. The number of ether oxygens (including phenoxy) is 2. The first kappa shape index (κ1) is 18.8. The lowest BCUT2D eigenvalue weighted by Crippen LogP contribution is -2.38. The Balaban J connectivity index is 2.37. The molecule has 136 valence electrons. The van der Waals surface area contributed by atoms with E-state index in [0.29, 0.717) is 23.5 Å². The van der Waals surface area contributed by atoms with Gasteiger partial charge in [0.05, 0.1) is 20.1 Å². The molecule has 1 aromatic carbocycles. The maximum atomic E-state index is 13.0. The van der Waals surface area contributed by atoms with Crippen molar-refractivity contribution in [2.45, 2.75) is 32.2 Å². The molecule has 6 nitrogen and oxygen atoms in total. The van der Waals surface area contributed by atoms with Crippen LogP contribution in [-0.2, 0) is 11.2 Å². The Hall–Kier alpha value is -2.50. The van der Waals surface area contributed by atoms with Gasteiger partial charge in [-0.05, 0) is 31.4 Å². The van der Waals surface area contributed by atoms with E-state index >= 15 is 0 Å². The SMILES string of the molecule is C=CCc1cc(C(=O)N(CC(C)C(=O)O)C2CC2)cc(OC)c1OC. The maximum absolute atomic E-state index is 13.0. The highest BCUT2D eigenvalue weighted by Crippen LogP contribution is 2.35. The Morgan fingerprint density at radius 3 is 2.52 bits per heavy atom. The third kappa shape index (κ3) is 4.32. The predicted octanol–water partition coefficient (Wildman–Crippen LogP) is 2.76. The zero-order valence-electron chi connectivity index (χ0n) is 14.9. The fourth-order valence-electron chi connectivity index (χ4n) is 2.80. The zero-order valence-corrected chi connectivity index (χ0v) is 14.9. The fraction of sp³-hybridized carbons (Fsp3) is 0.474. The molecule has 1 saturated carbocycles. The van der Waals surface area contributed by atoms with Crippen molar-refractivity contribution in [1.29, 1.82) is 0 Å². The summed E-state index contributed by atoms with van der Waals surface area (Å²) in [5.74, 6) is -0.639. The number of carboxylic acid groups (broad SMARTS) is 1. The van der Waals surface area contributed by atoms with Crippen LogP contribution in [0.25, 0.3) is 0 Å². The first-order chi connectivity index (χ1) is 11.9. The lowest BCUT2D eigenvalue weighted by molar-refractivity contribution is -0.141. The second-order valence-corrected chi connectivity index (χ2v) is 6.29. The highest BCUT2D eigenvalue weighted by Gasteiger charge is 2.35. The van der Waals surface area contributed by atoms with Crippen molar-refractivity contribution in [3.8, 4) is 11.5 Å². The molecule has 1 aliphatic carbocycles. The summed E-state index contributed by atoms with van der Waals surface area (Å²) in [7, 11) is 3.08. The second-order valence-electron chi connectivity index (χ2n) is 6.29. The van der Waals surface area contributed by atoms with Crippen molar-refractivity contribution >= 4 is 11.9 Å². The molecule has 1 amide bonds. The van der Waals surface area contributed by atoms with Gasteiger partial charge in [0.25, 0.3) is 5.91 Å².